The van der Waals surface area contributed by atoms with E-state index in [0.717, 1.165) is 45.8 Å². The Bertz CT molecular complexity index is 316. The highest BCUT2D eigenvalue weighted by Crippen LogP contribution is 2.18. The van der Waals surface area contributed by atoms with Crippen molar-refractivity contribution in [1.29, 1.82) is 0 Å². The van der Waals surface area contributed by atoms with E-state index in [-0.39, 0.29) is 5.97 Å². The standard InChI is InChI=1S/C13H25N3O3/c1-13(14,12(17)18-2)10-15-4-3-11(9-15)16-5-7-19-8-6-16/h11H,3-10,14H2,1-2H3. The summed E-state index contributed by atoms with van der Waals surface area (Å²) < 4.78 is 10.1. The van der Waals surface area contributed by atoms with Gasteiger partial charge in [0, 0.05) is 32.2 Å². The van der Waals surface area contributed by atoms with Crippen LogP contribution in [-0.2, 0) is 14.3 Å². The summed E-state index contributed by atoms with van der Waals surface area (Å²) >= 11 is 0. The molecule has 0 aromatic carbocycles. The summed E-state index contributed by atoms with van der Waals surface area (Å²) in [6.07, 6.45) is 1.14. The van der Waals surface area contributed by atoms with Crippen molar-refractivity contribution >= 4 is 5.97 Å². The van der Waals surface area contributed by atoms with Crippen molar-refractivity contribution in [3.8, 4) is 0 Å². The second-order valence-corrected chi connectivity index (χ2v) is 5.74. The number of carbonyl (C=O) groups excluding carboxylic acids is 1. The predicted octanol–water partition coefficient (Wildman–Crippen LogP) is -0.717. The van der Waals surface area contributed by atoms with Gasteiger partial charge in [0.15, 0.2) is 0 Å². The van der Waals surface area contributed by atoms with Gasteiger partial charge in [0.1, 0.15) is 5.54 Å². The Kier molecular flexibility index (Phi) is 4.78. The van der Waals surface area contributed by atoms with Crippen LogP contribution in [-0.4, -0.2) is 80.4 Å². The summed E-state index contributed by atoms with van der Waals surface area (Å²) in [5.74, 6) is -0.345. The first-order chi connectivity index (χ1) is 9.03. The minimum absolute atomic E-state index is 0.345. The molecule has 2 rings (SSSR count). The highest BCUT2D eigenvalue weighted by Gasteiger charge is 2.36. The number of hydrogen-bond acceptors (Lipinski definition) is 6. The average molecular weight is 271 g/mol. The topological polar surface area (TPSA) is 68.0 Å². The third kappa shape index (κ3) is 3.66. The lowest BCUT2D eigenvalue weighted by Gasteiger charge is -2.33. The molecule has 0 amide bonds. The SMILES string of the molecule is COC(=O)C(C)(N)CN1CCC(N2CCOCC2)C1. The van der Waals surface area contributed by atoms with Crippen LogP contribution in [0, 0.1) is 0 Å². The first kappa shape index (κ1) is 14.7. The maximum Gasteiger partial charge on any atom is 0.326 e. The summed E-state index contributed by atoms with van der Waals surface area (Å²) in [6.45, 7) is 7.93. The first-order valence-corrected chi connectivity index (χ1v) is 6.94. The Hall–Kier alpha value is -0.690. The van der Waals surface area contributed by atoms with Crippen LogP contribution in [0.4, 0.5) is 0 Å². The zero-order chi connectivity index (χ0) is 13.9. The molecule has 19 heavy (non-hydrogen) atoms. The van der Waals surface area contributed by atoms with Crippen molar-refractivity contribution in [2.75, 3.05) is 53.0 Å². The van der Waals surface area contributed by atoms with Crippen LogP contribution in [0.2, 0.25) is 0 Å². The van der Waals surface area contributed by atoms with Crippen molar-refractivity contribution < 1.29 is 14.3 Å². The zero-order valence-electron chi connectivity index (χ0n) is 11.9. The molecule has 110 valence electrons. The number of ether oxygens (including phenoxy) is 2. The minimum Gasteiger partial charge on any atom is -0.468 e. The number of methoxy groups -OCH3 is 1. The lowest BCUT2D eigenvalue weighted by Crippen LogP contribution is -2.54. The molecule has 0 aromatic heterocycles. The summed E-state index contributed by atoms with van der Waals surface area (Å²) in [6, 6.07) is 0.567. The quantitative estimate of drug-likeness (QED) is 0.681. The van der Waals surface area contributed by atoms with Gasteiger partial charge in [0.25, 0.3) is 0 Å². The number of rotatable bonds is 4. The van der Waals surface area contributed by atoms with Crippen molar-refractivity contribution in [2.45, 2.75) is 24.9 Å². The van der Waals surface area contributed by atoms with Crippen LogP contribution in [0.25, 0.3) is 0 Å². The normalized spacial score (nSPS) is 29.1. The molecule has 2 saturated heterocycles. The lowest BCUT2D eigenvalue weighted by atomic mass is 10.0. The van der Waals surface area contributed by atoms with E-state index in [1.165, 1.54) is 7.11 Å². The van der Waals surface area contributed by atoms with Gasteiger partial charge in [-0.3, -0.25) is 14.6 Å². The largest absolute Gasteiger partial charge is 0.468 e. The fraction of sp³-hybridized carbons (Fsp3) is 0.923. The van der Waals surface area contributed by atoms with Gasteiger partial charge < -0.3 is 15.2 Å². The molecule has 0 aliphatic carbocycles. The average Bonchev–Trinajstić information content (AvgIpc) is 2.86. The maximum absolute atomic E-state index is 11.6. The summed E-state index contributed by atoms with van der Waals surface area (Å²) in [5.41, 5.74) is 5.10. The van der Waals surface area contributed by atoms with Crippen molar-refractivity contribution in [3.63, 3.8) is 0 Å². The van der Waals surface area contributed by atoms with E-state index in [0.29, 0.717) is 12.6 Å². The molecule has 0 saturated carbocycles. The van der Waals surface area contributed by atoms with Gasteiger partial charge in [-0.15, -0.1) is 0 Å². The van der Waals surface area contributed by atoms with E-state index in [4.69, 9.17) is 15.2 Å². The van der Waals surface area contributed by atoms with E-state index in [9.17, 15) is 4.79 Å². The monoisotopic (exact) mass is 271 g/mol. The minimum atomic E-state index is -0.922. The second-order valence-electron chi connectivity index (χ2n) is 5.74. The number of carbonyl (C=O) groups is 1. The van der Waals surface area contributed by atoms with Gasteiger partial charge in [-0.1, -0.05) is 0 Å². The molecule has 0 bridgehead atoms. The molecule has 2 atom stereocenters. The van der Waals surface area contributed by atoms with Crippen LogP contribution in [0.5, 0.6) is 0 Å². The van der Waals surface area contributed by atoms with Gasteiger partial charge in [-0.05, 0) is 19.9 Å². The van der Waals surface area contributed by atoms with E-state index >= 15 is 0 Å². The van der Waals surface area contributed by atoms with Gasteiger partial charge in [0.05, 0.1) is 20.3 Å². The van der Waals surface area contributed by atoms with Gasteiger partial charge in [0.2, 0.25) is 0 Å². The van der Waals surface area contributed by atoms with Crippen LogP contribution in [0.3, 0.4) is 0 Å². The van der Waals surface area contributed by atoms with E-state index in [2.05, 4.69) is 9.80 Å². The lowest BCUT2D eigenvalue weighted by molar-refractivity contribution is -0.147. The van der Waals surface area contributed by atoms with Crippen molar-refractivity contribution in [1.82, 2.24) is 9.80 Å². The van der Waals surface area contributed by atoms with Crippen LogP contribution in [0.1, 0.15) is 13.3 Å². The van der Waals surface area contributed by atoms with E-state index in [1.54, 1.807) is 6.92 Å². The number of likely N-dealkylation sites (tertiary alicyclic amines) is 1. The van der Waals surface area contributed by atoms with Crippen molar-refractivity contribution in [2.24, 2.45) is 5.73 Å². The molecule has 0 aromatic rings. The number of nitrogens with two attached hydrogens (primary N) is 1. The number of esters is 1. The molecular formula is C13H25N3O3. The highest BCUT2D eigenvalue weighted by molar-refractivity contribution is 5.80. The predicted molar refractivity (Wildman–Crippen MR) is 71.8 cm³/mol. The van der Waals surface area contributed by atoms with E-state index in [1.807, 2.05) is 0 Å². The number of hydrogen-bond donors (Lipinski definition) is 1. The van der Waals surface area contributed by atoms with Gasteiger partial charge in [-0.2, -0.15) is 0 Å². The smallest absolute Gasteiger partial charge is 0.326 e. The Labute approximate surface area is 114 Å². The third-order valence-electron chi connectivity index (χ3n) is 4.01. The Balaban J connectivity index is 1.83. The molecule has 0 spiro atoms. The highest BCUT2D eigenvalue weighted by atomic mass is 16.5. The summed E-state index contributed by atoms with van der Waals surface area (Å²) in [4.78, 5) is 16.3. The van der Waals surface area contributed by atoms with E-state index < -0.39 is 5.54 Å². The van der Waals surface area contributed by atoms with Crippen molar-refractivity contribution in [3.05, 3.63) is 0 Å². The summed E-state index contributed by atoms with van der Waals surface area (Å²) in [7, 11) is 1.38. The molecule has 6 heteroatoms. The summed E-state index contributed by atoms with van der Waals surface area (Å²) in [5, 5.41) is 0. The second kappa shape index (κ2) is 6.17. The molecule has 0 radical (unpaired) electrons. The molecule has 2 N–H and O–H groups in total. The fourth-order valence-electron chi connectivity index (χ4n) is 2.96. The maximum atomic E-state index is 11.6. The molecule has 2 aliphatic heterocycles. The molecule has 2 heterocycles. The van der Waals surface area contributed by atoms with Crippen LogP contribution in [0.15, 0.2) is 0 Å². The van der Waals surface area contributed by atoms with Crippen LogP contribution < -0.4 is 5.73 Å². The van der Waals surface area contributed by atoms with Gasteiger partial charge in [-0.25, -0.2) is 0 Å². The first-order valence-electron chi connectivity index (χ1n) is 6.94. The molecule has 6 nitrogen and oxygen atoms in total. The molecule has 2 aliphatic rings. The third-order valence-corrected chi connectivity index (χ3v) is 4.01. The number of morpholine rings is 1. The van der Waals surface area contributed by atoms with Gasteiger partial charge >= 0.3 is 5.97 Å². The number of nitrogens with zero attached hydrogens (tertiary/aromatic N) is 2. The Morgan fingerprint density at radius 2 is 2.11 bits per heavy atom. The molecular weight excluding hydrogens is 246 g/mol. The molecule has 2 unspecified atom stereocenters. The Morgan fingerprint density at radius 3 is 2.74 bits per heavy atom. The Morgan fingerprint density at radius 1 is 1.42 bits per heavy atom. The molecule has 2 fully saturated rings. The fourth-order valence-corrected chi connectivity index (χ4v) is 2.96. The van der Waals surface area contributed by atoms with Crippen LogP contribution >= 0.6 is 0 Å². The zero-order valence-corrected chi connectivity index (χ0v) is 11.9.